The maximum absolute atomic E-state index is 11.2. The van der Waals surface area contributed by atoms with Crippen LogP contribution in [0.25, 0.3) is 0 Å². The van der Waals surface area contributed by atoms with E-state index < -0.39 is 5.97 Å². The van der Waals surface area contributed by atoms with E-state index in [1.54, 1.807) is 6.07 Å². The molecule has 1 aromatic rings. The lowest BCUT2D eigenvalue weighted by Gasteiger charge is -2.01. The summed E-state index contributed by atoms with van der Waals surface area (Å²) in [6.45, 7) is 0. The van der Waals surface area contributed by atoms with Gasteiger partial charge in [-0.3, -0.25) is 4.79 Å². The third-order valence-corrected chi connectivity index (χ3v) is 3.04. The molecule has 1 N–H and O–H groups in total. The number of alkyl halides is 1. The van der Waals surface area contributed by atoms with Crippen LogP contribution in [0.15, 0.2) is 18.2 Å². The minimum Gasteiger partial charge on any atom is -0.478 e. The highest BCUT2D eigenvalue weighted by molar-refractivity contribution is 14.1. The lowest BCUT2D eigenvalue weighted by Crippen LogP contribution is -2.04. The van der Waals surface area contributed by atoms with E-state index in [1.165, 1.54) is 12.1 Å². The van der Waals surface area contributed by atoms with Gasteiger partial charge in [-0.1, -0.05) is 22.0 Å². The second-order valence-electron chi connectivity index (χ2n) is 2.56. The Morgan fingerprint density at radius 1 is 1.43 bits per heavy atom. The molecule has 3 nitrogen and oxygen atoms in total. The number of ketones is 1. The number of carboxylic acid groups (broad SMARTS) is 1. The molecule has 1 rings (SSSR count). The van der Waals surface area contributed by atoms with Crippen LogP contribution in [0.1, 0.15) is 20.7 Å². The van der Waals surface area contributed by atoms with Crippen LogP contribution in [-0.2, 0) is 0 Å². The SMILES string of the molecule is O=C(CBr)c1ccc(C(=O)O)c(I)c1. The first kappa shape index (κ1) is 11.6. The van der Waals surface area contributed by atoms with Gasteiger partial charge < -0.3 is 5.11 Å². The molecule has 0 unspecified atom stereocenters. The van der Waals surface area contributed by atoms with E-state index in [2.05, 4.69) is 15.9 Å². The summed E-state index contributed by atoms with van der Waals surface area (Å²) < 4.78 is 0.571. The molecule has 0 spiro atoms. The van der Waals surface area contributed by atoms with Crippen molar-refractivity contribution in [2.45, 2.75) is 0 Å². The van der Waals surface area contributed by atoms with Gasteiger partial charge in [0.2, 0.25) is 0 Å². The van der Waals surface area contributed by atoms with Crippen LogP contribution < -0.4 is 0 Å². The molecular formula is C9H6BrIO3. The number of carbonyl (C=O) groups excluding carboxylic acids is 1. The van der Waals surface area contributed by atoms with E-state index in [0.29, 0.717) is 9.13 Å². The Hall–Kier alpha value is -0.430. The number of aromatic carboxylic acids is 1. The molecule has 0 aliphatic heterocycles. The summed E-state index contributed by atoms with van der Waals surface area (Å²) in [5, 5.41) is 9.00. The Morgan fingerprint density at radius 3 is 2.50 bits per heavy atom. The molecule has 0 heterocycles. The zero-order valence-corrected chi connectivity index (χ0v) is 10.7. The summed E-state index contributed by atoms with van der Waals surface area (Å²) >= 11 is 4.96. The third-order valence-electron chi connectivity index (χ3n) is 1.64. The molecule has 0 saturated carbocycles. The molecule has 74 valence electrons. The molecule has 0 aliphatic carbocycles. The summed E-state index contributed by atoms with van der Waals surface area (Å²) in [5.41, 5.74) is 0.744. The molecule has 0 saturated heterocycles. The van der Waals surface area contributed by atoms with E-state index in [-0.39, 0.29) is 16.7 Å². The molecule has 0 amide bonds. The van der Waals surface area contributed by atoms with Gasteiger partial charge in [-0.25, -0.2) is 4.79 Å². The van der Waals surface area contributed by atoms with Crippen molar-refractivity contribution in [2.75, 3.05) is 5.33 Å². The van der Waals surface area contributed by atoms with Crippen LogP contribution in [0, 0.1) is 3.57 Å². The second-order valence-corrected chi connectivity index (χ2v) is 4.28. The average Bonchev–Trinajstić information content (AvgIpc) is 2.15. The Morgan fingerprint density at radius 2 is 2.07 bits per heavy atom. The predicted octanol–water partition coefficient (Wildman–Crippen LogP) is 2.57. The van der Waals surface area contributed by atoms with Gasteiger partial charge in [0.05, 0.1) is 10.9 Å². The van der Waals surface area contributed by atoms with Crippen LogP contribution in [0.3, 0.4) is 0 Å². The van der Waals surface area contributed by atoms with Crippen LogP contribution in [-0.4, -0.2) is 22.2 Å². The predicted molar refractivity (Wildman–Crippen MR) is 64.2 cm³/mol. The molecule has 0 atom stereocenters. The van der Waals surface area contributed by atoms with Crippen molar-refractivity contribution < 1.29 is 14.7 Å². The minimum absolute atomic E-state index is 0.0557. The van der Waals surface area contributed by atoms with Gasteiger partial charge in [-0.05, 0) is 34.7 Å². The smallest absolute Gasteiger partial charge is 0.336 e. The molecule has 14 heavy (non-hydrogen) atoms. The number of carboxylic acids is 1. The standard InChI is InChI=1S/C9H6BrIO3/c10-4-8(12)5-1-2-6(9(13)14)7(11)3-5/h1-3H,4H2,(H,13,14). The van der Waals surface area contributed by atoms with Crippen molar-refractivity contribution in [1.29, 1.82) is 0 Å². The van der Waals surface area contributed by atoms with Crippen molar-refractivity contribution in [3.63, 3.8) is 0 Å². The van der Waals surface area contributed by atoms with Crippen molar-refractivity contribution >= 4 is 50.3 Å². The monoisotopic (exact) mass is 368 g/mol. The number of halogens is 2. The van der Waals surface area contributed by atoms with Crippen molar-refractivity contribution in [1.82, 2.24) is 0 Å². The average molecular weight is 369 g/mol. The first-order chi connectivity index (χ1) is 6.56. The Labute approximate surface area is 103 Å². The molecule has 0 fully saturated rings. The van der Waals surface area contributed by atoms with Gasteiger partial charge in [0.25, 0.3) is 0 Å². The van der Waals surface area contributed by atoms with Crippen LogP contribution in [0.4, 0.5) is 0 Å². The Kier molecular flexibility index (Phi) is 4.06. The lowest BCUT2D eigenvalue weighted by molar-refractivity contribution is 0.0695. The molecular weight excluding hydrogens is 363 g/mol. The third kappa shape index (κ3) is 2.54. The van der Waals surface area contributed by atoms with Gasteiger partial charge in [0.15, 0.2) is 5.78 Å². The maximum Gasteiger partial charge on any atom is 0.336 e. The van der Waals surface area contributed by atoms with E-state index in [4.69, 9.17) is 5.11 Å². The molecule has 0 bridgehead atoms. The highest BCUT2D eigenvalue weighted by atomic mass is 127. The molecule has 5 heteroatoms. The highest BCUT2D eigenvalue weighted by Crippen LogP contribution is 2.15. The van der Waals surface area contributed by atoms with Gasteiger partial charge in [0.1, 0.15) is 0 Å². The van der Waals surface area contributed by atoms with Crippen LogP contribution >= 0.6 is 38.5 Å². The van der Waals surface area contributed by atoms with Crippen molar-refractivity contribution in [3.8, 4) is 0 Å². The normalized spacial score (nSPS) is 9.86. The molecule has 0 radical (unpaired) electrons. The number of Topliss-reactive ketones (excluding diaryl/α,β-unsaturated/α-hetero) is 1. The summed E-state index contributed by atoms with van der Waals surface area (Å²) in [5.74, 6) is -1.04. The summed E-state index contributed by atoms with van der Waals surface area (Å²) in [6, 6.07) is 4.54. The van der Waals surface area contributed by atoms with Crippen LogP contribution in [0.2, 0.25) is 0 Å². The summed E-state index contributed by atoms with van der Waals surface area (Å²) in [4.78, 5) is 21.9. The van der Waals surface area contributed by atoms with E-state index in [9.17, 15) is 9.59 Å². The lowest BCUT2D eigenvalue weighted by atomic mass is 10.1. The zero-order chi connectivity index (χ0) is 10.7. The number of hydrogen-bond acceptors (Lipinski definition) is 2. The van der Waals surface area contributed by atoms with E-state index >= 15 is 0 Å². The number of carbonyl (C=O) groups is 2. The topological polar surface area (TPSA) is 54.4 Å². The maximum atomic E-state index is 11.2. The largest absolute Gasteiger partial charge is 0.478 e. The Balaban J connectivity index is 3.12. The first-order valence-electron chi connectivity index (χ1n) is 3.68. The zero-order valence-electron chi connectivity index (χ0n) is 6.96. The van der Waals surface area contributed by atoms with Crippen LogP contribution in [0.5, 0.6) is 0 Å². The van der Waals surface area contributed by atoms with Gasteiger partial charge in [0, 0.05) is 9.13 Å². The van der Waals surface area contributed by atoms with Gasteiger partial charge >= 0.3 is 5.97 Å². The molecule has 1 aromatic carbocycles. The fourth-order valence-electron chi connectivity index (χ4n) is 0.939. The number of rotatable bonds is 3. The summed E-state index contributed by atoms with van der Waals surface area (Å²) in [7, 11) is 0. The fraction of sp³-hybridized carbons (Fsp3) is 0.111. The minimum atomic E-state index is -0.979. The van der Waals surface area contributed by atoms with Gasteiger partial charge in [-0.15, -0.1) is 0 Å². The van der Waals surface area contributed by atoms with Crippen molar-refractivity contribution in [3.05, 3.63) is 32.9 Å². The van der Waals surface area contributed by atoms with Crippen molar-refractivity contribution in [2.24, 2.45) is 0 Å². The quantitative estimate of drug-likeness (QED) is 0.507. The second kappa shape index (κ2) is 4.88. The highest BCUT2D eigenvalue weighted by Gasteiger charge is 2.11. The molecule has 0 aromatic heterocycles. The fourth-order valence-corrected chi connectivity index (χ4v) is 2.01. The number of hydrogen-bond donors (Lipinski definition) is 1. The van der Waals surface area contributed by atoms with E-state index in [1.807, 2.05) is 22.6 Å². The number of benzene rings is 1. The first-order valence-corrected chi connectivity index (χ1v) is 5.88. The molecule has 0 aliphatic rings. The Bertz CT molecular complexity index is 390. The van der Waals surface area contributed by atoms with Gasteiger partial charge in [-0.2, -0.15) is 0 Å². The summed E-state index contributed by atoms with van der Waals surface area (Å²) in [6.07, 6.45) is 0. The van der Waals surface area contributed by atoms with E-state index in [0.717, 1.165) is 0 Å².